The fourth-order valence-electron chi connectivity index (χ4n) is 2.03. The molecule has 0 aliphatic carbocycles. The van der Waals surface area contributed by atoms with Gasteiger partial charge in [-0.05, 0) is 31.9 Å². The van der Waals surface area contributed by atoms with Crippen molar-refractivity contribution in [3.05, 3.63) is 18.0 Å². The number of aryl methyl sites for hydroxylation is 1. The van der Waals surface area contributed by atoms with Crippen molar-refractivity contribution in [1.82, 2.24) is 15.1 Å². The largest absolute Gasteiger partial charge is 0.309 e. The average Bonchev–Trinajstić information content (AvgIpc) is 2.76. The quantitative estimate of drug-likeness (QED) is 0.770. The summed E-state index contributed by atoms with van der Waals surface area (Å²) in [5.41, 5.74) is 1.32. The van der Waals surface area contributed by atoms with Crippen LogP contribution in [0.15, 0.2) is 12.3 Å². The molecule has 0 aromatic carbocycles. The summed E-state index contributed by atoms with van der Waals surface area (Å²) < 4.78 is 2.09. The van der Waals surface area contributed by atoms with Crippen LogP contribution in [0, 0.1) is 5.92 Å². The van der Waals surface area contributed by atoms with Crippen LogP contribution in [0.5, 0.6) is 0 Å². The van der Waals surface area contributed by atoms with E-state index in [0.717, 1.165) is 19.0 Å². The van der Waals surface area contributed by atoms with Crippen molar-refractivity contribution >= 4 is 0 Å². The van der Waals surface area contributed by atoms with Crippen LogP contribution in [0.1, 0.15) is 52.3 Å². The highest BCUT2D eigenvalue weighted by molar-refractivity contribution is 5.07. The minimum atomic E-state index is 0.447. The first-order valence-corrected chi connectivity index (χ1v) is 6.47. The Hall–Kier alpha value is -0.830. The molecule has 16 heavy (non-hydrogen) atoms. The number of rotatable bonds is 7. The van der Waals surface area contributed by atoms with Gasteiger partial charge in [0, 0.05) is 18.8 Å². The highest BCUT2D eigenvalue weighted by atomic mass is 15.3. The normalized spacial score (nSPS) is 15.0. The van der Waals surface area contributed by atoms with Crippen molar-refractivity contribution in [3.63, 3.8) is 0 Å². The van der Waals surface area contributed by atoms with Gasteiger partial charge in [0.2, 0.25) is 0 Å². The van der Waals surface area contributed by atoms with Crippen molar-refractivity contribution < 1.29 is 0 Å². The summed E-state index contributed by atoms with van der Waals surface area (Å²) >= 11 is 0. The van der Waals surface area contributed by atoms with Gasteiger partial charge in [-0.3, -0.25) is 4.68 Å². The molecule has 3 heteroatoms. The second-order valence-corrected chi connectivity index (χ2v) is 4.43. The molecule has 0 amide bonds. The van der Waals surface area contributed by atoms with E-state index in [4.69, 9.17) is 0 Å². The van der Waals surface area contributed by atoms with Crippen LogP contribution < -0.4 is 5.32 Å². The van der Waals surface area contributed by atoms with Crippen LogP contribution in [-0.4, -0.2) is 16.3 Å². The van der Waals surface area contributed by atoms with Crippen molar-refractivity contribution in [2.24, 2.45) is 5.92 Å². The maximum absolute atomic E-state index is 4.35. The van der Waals surface area contributed by atoms with Crippen LogP contribution in [0.3, 0.4) is 0 Å². The van der Waals surface area contributed by atoms with E-state index < -0.39 is 0 Å². The molecule has 1 heterocycles. The molecule has 0 bridgehead atoms. The van der Waals surface area contributed by atoms with Gasteiger partial charge in [-0.2, -0.15) is 5.10 Å². The third-order valence-electron chi connectivity index (χ3n) is 3.19. The third-order valence-corrected chi connectivity index (χ3v) is 3.19. The summed E-state index contributed by atoms with van der Waals surface area (Å²) in [7, 11) is 0. The summed E-state index contributed by atoms with van der Waals surface area (Å²) in [4.78, 5) is 0. The number of aromatic nitrogens is 2. The Morgan fingerprint density at radius 3 is 2.69 bits per heavy atom. The molecule has 0 aliphatic rings. The zero-order chi connectivity index (χ0) is 12.0. The fraction of sp³-hybridized carbons (Fsp3) is 0.769. The summed E-state index contributed by atoms with van der Waals surface area (Å²) in [5.74, 6) is 0.754. The van der Waals surface area contributed by atoms with E-state index in [-0.39, 0.29) is 0 Å². The molecule has 92 valence electrons. The molecule has 1 rings (SSSR count). The van der Waals surface area contributed by atoms with E-state index >= 15 is 0 Å². The van der Waals surface area contributed by atoms with Gasteiger partial charge >= 0.3 is 0 Å². The molecular weight excluding hydrogens is 198 g/mol. The van der Waals surface area contributed by atoms with E-state index in [1.54, 1.807) is 0 Å². The van der Waals surface area contributed by atoms with E-state index in [2.05, 4.69) is 48.9 Å². The molecule has 0 saturated heterocycles. The number of nitrogens with zero attached hydrogens (tertiary/aromatic N) is 2. The van der Waals surface area contributed by atoms with E-state index in [1.807, 2.05) is 6.20 Å². The van der Waals surface area contributed by atoms with Crippen molar-refractivity contribution in [3.8, 4) is 0 Å². The fourth-order valence-corrected chi connectivity index (χ4v) is 2.03. The van der Waals surface area contributed by atoms with Gasteiger partial charge in [-0.25, -0.2) is 0 Å². The van der Waals surface area contributed by atoms with E-state index in [0.29, 0.717) is 6.04 Å². The van der Waals surface area contributed by atoms with Crippen LogP contribution in [0.4, 0.5) is 0 Å². The van der Waals surface area contributed by atoms with Gasteiger partial charge in [-0.1, -0.05) is 27.2 Å². The van der Waals surface area contributed by atoms with Gasteiger partial charge in [0.25, 0.3) is 0 Å². The topological polar surface area (TPSA) is 29.9 Å². The first kappa shape index (κ1) is 13.2. The average molecular weight is 223 g/mol. The van der Waals surface area contributed by atoms with Gasteiger partial charge in [0.1, 0.15) is 0 Å². The van der Waals surface area contributed by atoms with Crippen LogP contribution in [0.25, 0.3) is 0 Å². The van der Waals surface area contributed by atoms with Crippen LogP contribution in [0.2, 0.25) is 0 Å². The molecule has 2 atom stereocenters. The van der Waals surface area contributed by atoms with Crippen molar-refractivity contribution in [2.45, 2.75) is 53.1 Å². The summed E-state index contributed by atoms with van der Waals surface area (Å²) in [6.45, 7) is 10.8. The summed E-state index contributed by atoms with van der Waals surface area (Å²) in [6, 6.07) is 2.58. The Morgan fingerprint density at radius 1 is 1.38 bits per heavy atom. The van der Waals surface area contributed by atoms with Gasteiger partial charge in [-0.15, -0.1) is 0 Å². The lowest BCUT2D eigenvalue weighted by Gasteiger charge is -2.22. The summed E-state index contributed by atoms with van der Waals surface area (Å²) in [6.07, 6.45) is 4.33. The SMILES string of the molecule is CCNC(CC(C)CC)c1ccnn1CC. The first-order chi connectivity index (χ1) is 7.72. The maximum Gasteiger partial charge on any atom is 0.0553 e. The standard InChI is InChI=1S/C13H25N3/c1-5-11(4)10-12(14-6-2)13-8-9-15-16(13)7-3/h8-9,11-12,14H,5-7,10H2,1-4H3. The highest BCUT2D eigenvalue weighted by Gasteiger charge is 2.16. The molecule has 3 nitrogen and oxygen atoms in total. The van der Waals surface area contributed by atoms with Crippen molar-refractivity contribution in [2.75, 3.05) is 6.54 Å². The lowest BCUT2D eigenvalue weighted by Crippen LogP contribution is -2.25. The van der Waals surface area contributed by atoms with E-state index in [1.165, 1.54) is 18.5 Å². The molecule has 0 radical (unpaired) electrons. The zero-order valence-corrected chi connectivity index (χ0v) is 11.0. The number of nitrogens with one attached hydrogen (secondary N) is 1. The number of hydrogen-bond donors (Lipinski definition) is 1. The smallest absolute Gasteiger partial charge is 0.0553 e. The predicted octanol–water partition coefficient (Wildman–Crippen LogP) is 2.99. The minimum Gasteiger partial charge on any atom is -0.309 e. The second-order valence-electron chi connectivity index (χ2n) is 4.43. The Labute approximate surface area is 99.2 Å². The molecule has 1 aromatic rings. The Bertz CT molecular complexity index is 293. The van der Waals surface area contributed by atoms with Gasteiger partial charge in [0.15, 0.2) is 0 Å². The molecule has 0 aliphatic heterocycles. The first-order valence-electron chi connectivity index (χ1n) is 6.47. The van der Waals surface area contributed by atoms with Gasteiger partial charge in [0.05, 0.1) is 5.69 Å². The molecular formula is C13H25N3. The Morgan fingerprint density at radius 2 is 2.12 bits per heavy atom. The van der Waals surface area contributed by atoms with Crippen LogP contribution >= 0.6 is 0 Å². The monoisotopic (exact) mass is 223 g/mol. The lowest BCUT2D eigenvalue weighted by atomic mass is 9.97. The molecule has 0 saturated carbocycles. The molecule has 0 fully saturated rings. The van der Waals surface area contributed by atoms with Gasteiger partial charge < -0.3 is 5.32 Å². The summed E-state index contributed by atoms with van der Waals surface area (Å²) in [5, 5.41) is 7.91. The predicted molar refractivity (Wildman–Crippen MR) is 68.4 cm³/mol. The molecule has 1 N–H and O–H groups in total. The molecule has 2 unspecified atom stereocenters. The Balaban J connectivity index is 2.76. The third kappa shape index (κ3) is 3.34. The lowest BCUT2D eigenvalue weighted by molar-refractivity contribution is 0.387. The maximum atomic E-state index is 4.35. The molecule has 1 aromatic heterocycles. The van der Waals surface area contributed by atoms with Crippen LogP contribution in [-0.2, 0) is 6.54 Å². The Kier molecular flexibility index (Phi) is 5.53. The van der Waals surface area contributed by atoms with Crippen molar-refractivity contribution in [1.29, 1.82) is 0 Å². The highest BCUT2D eigenvalue weighted by Crippen LogP contribution is 2.22. The van der Waals surface area contributed by atoms with E-state index in [9.17, 15) is 0 Å². The zero-order valence-electron chi connectivity index (χ0n) is 11.0. The molecule has 0 spiro atoms. The second kappa shape index (κ2) is 6.69. The minimum absolute atomic E-state index is 0.447. The number of hydrogen-bond acceptors (Lipinski definition) is 2.